The van der Waals surface area contributed by atoms with Crippen LogP contribution in [-0.2, 0) is 16.2 Å². The molecule has 170 valence electrons. The number of halogens is 2. The number of amides is 2. The van der Waals surface area contributed by atoms with Crippen molar-refractivity contribution >= 4 is 45.6 Å². The van der Waals surface area contributed by atoms with Crippen LogP contribution in [0.3, 0.4) is 0 Å². The van der Waals surface area contributed by atoms with Crippen molar-refractivity contribution < 1.29 is 19.1 Å². The number of allylic oxidation sites excluding steroid dienone is 2. The number of hydrogen-bond acceptors (Lipinski definition) is 5. The minimum atomic E-state index is -0.275. The molecule has 8 heteroatoms. The molecule has 1 saturated carbocycles. The first-order chi connectivity index (χ1) is 16.0. The van der Waals surface area contributed by atoms with Crippen molar-refractivity contribution in [2.24, 2.45) is 28.8 Å². The second-order valence-electron chi connectivity index (χ2n) is 8.52. The fourth-order valence-corrected chi connectivity index (χ4v) is 5.69. The predicted molar refractivity (Wildman–Crippen MR) is 128 cm³/mol. The highest BCUT2D eigenvalue weighted by Gasteiger charge is 2.56. The van der Waals surface area contributed by atoms with Crippen molar-refractivity contribution in [1.82, 2.24) is 5.01 Å². The summed E-state index contributed by atoms with van der Waals surface area (Å²) in [6, 6.07) is 11.0. The molecule has 0 aromatic heterocycles. The van der Waals surface area contributed by atoms with Gasteiger partial charge in [-0.15, -0.1) is 0 Å². The van der Waals surface area contributed by atoms with E-state index in [1.165, 1.54) is 6.21 Å². The molecule has 1 heterocycles. The molecule has 33 heavy (non-hydrogen) atoms. The van der Waals surface area contributed by atoms with E-state index in [9.17, 15) is 9.59 Å². The molecule has 3 aliphatic carbocycles. The molecule has 2 bridgehead atoms. The lowest BCUT2D eigenvalue weighted by Crippen LogP contribution is -2.38. The van der Waals surface area contributed by atoms with Gasteiger partial charge in [-0.25, -0.2) is 0 Å². The van der Waals surface area contributed by atoms with Crippen LogP contribution in [0.25, 0.3) is 0 Å². The van der Waals surface area contributed by atoms with E-state index in [1.807, 2.05) is 30.3 Å². The maximum atomic E-state index is 12.9. The van der Waals surface area contributed by atoms with Gasteiger partial charge < -0.3 is 9.47 Å². The second kappa shape index (κ2) is 8.95. The Kier molecular flexibility index (Phi) is 6.01. The summed E-state index contributed by atoms with van der Waals surface area (Å²) in [4.78, 5) is 25.9. The van der Waals surface area contributed by atoms with Crippen molar-refractivity contribution in [3.8, 4) is 11.5 Å². The van der Waals surface area contributed by atoms with E-state index in [0.717, 1.165) is 23.4 Å². The number of imide groups is 1. The standard InChI is InChI=1S/C25H22BrClN2O4/c1-32-20-11-15(10-19(26)23(20)33-13-14-2-8-18(27)9-3-14)12-28-29-24(30)21-16-4-5-17(7-6-16)22(21)25(29)31/h2-5,8-12,16-17,21-22H,6-7,13H2,1H3/b28-12+. The summed E-state index contributed by atoms with van der Waals surface area (Å²) in [6.45, 7) is 0.343. The van der Waals surface area contributed by atoms with Gasteiger partial charge >= 0.3 is 0 Å². The zero-order valence-corrected chi connectivity index (χ0v) is 20.3. The van der Waals surface area contributed by atoms with E-state index in [1.54, 1.807) is 13.2 Å². The van der Waals surface area contributed by atoms with Crippen molar-refractivity contribution in [3.63, 3.8) is 0 Å². The molecule has 0 radical (unpaired) electrons. The quantitative estimate of drug-likeness (QED) is 0.292. The first-order valence-electron chi connectivity index (χ1n) is 10.8. The molecule has 4 unspecified atom stereocenters. The molecule has 2 aromatic rings. The number of fused-ring (bicyclic) bond motifs is 1. The Bertz CT molecular complexity index is 1130. The minimum Gasteiger partial charge on any atom is -0.493 e. The van der Waals surface area contributed by atoms with Gasteiger partial charge in [-0.3, -0.25) is 9.59 Å². The fraction of sp³-hybridized carbons (Fsp3) is 0.320. The van der Waals surface area contributed by atoms with E-state index in [0.29, 0.717) is 33.2 Å². The van der Waals surface area contributed by atoms with Gasteiger partial charge in [-0.05, 0) is 76.0 Å². The lowest BCUT2D eigenvalue weighted by atomic mass is 9.63. The maximum Gasteiger partial charge on any atom is 0.254 e. The van der Waals surface area contributed by atoms with Crippen LogP contribution in [-0.4, -0.2) is 30.1 Å². The highest BCUT2D eigenvalue weighted by molar-refractivity contribution is 9.10. The Balaban J connectivity index is 1.34. The Labute approximate surface area is 205 Å². The Morgan fingerprint density at radius 3 is 2.30 bits per heavy atom. The molecule has 1 saturated heterocycles. The molecule has 4 aliphatic rings. The predicted octanol–water partition coefficient (Wildman–Crippen LogP) is 5.22. The van der Waals surface area contributed by atoms with Crippen molar-refractivity contribution in [2.75, 3.05) is 7.11 Å². The van der Waals surface area contributed by atoms with Crippen LogP contribution in [0.15, 0.2) is 58.1 Å². The summed E-state index contributed by atoms with van der Waals surface area (Å²) in [5.74, 6) is 0.391. The summed E-state index contributed by atoms with van der Waals surface area (Å²) in [5.41, 5.74) is 1.64. The van der Waals surface area contributed by atoms with Gasteiger partial charge in [-0.1, -0.05) is 35.9 Å². The first kappa shape index (κ1) is 22.2. The third kappa shape index (κ3) is 4.08. The smallest absolute Gasteiger partial charge is 0.254 e. The lowest BCUT2D eigenvalue weighted by molar-refractivity contribution is -0.140. The number of nitrogens with zero attached hydrogens (tertiary/aromatic N) is 2. The summed E-state index contributed by atoms with van der Waals surface area (Å²) in [6.07, 6.45) is 7.62. The van der Waals surface area contributed by atoms with Crippen molar-refractivity contribution in [2.45, 2.75) is 19.4 Å². The van der Waals surface area contributed by atoms with Gasteiger partial charge in [-0.2, -0.15) is 10.1 Å². The average molecular weight is 530 g/mol. The van der Waals surface area contributed by atoms with Crippen LogP contribution in [0.4, 0.5) is 0 Å². The third-order valence-corrected chi connectivity index (χ3v) is 7.45. The number of ether oxygens (including phenoxy) is 2. The lowest BCUT2D eigenvalue weighted by Gasteiger charge is -2.37. The third-order valence-electron chi connectivity index (χ3n) is 6.61. The average Bonchev–Trinajstić information content (AvgIpc) is 3.10. The molecule has 2 amide bonds. The largest absolute Gasteiger partial charge is 0.493 e. The molecule has 1 aliphatic heterocycles. The van der Waals surface area contributed by atoms with E-state index < -0.39 is 0 Å². The topological polar surface area (TPSA) is 68.2 Å². The monoisotopic (exact) mass is 528 g/mol. The highest BCUT2D eigenvalue weighted by atomic mass is 79.9. The van der Waals surface area contributed by atoms with Crippen LogP contribution in [0.1, 0.15) is 24.0 Å². The fourth-order valence-electron chi connectivity index (χ4n) is 4.99. The number of carbonyl (C=O) groups excluding carboxylic acids is 2. The first-order valence-corrected chi connectivity index (χ1v) is 12.0. The van der Waals surface area contributed by atoms with Crippen molar-refractivity contribution in [3.05, 3.63) is 69.2 Å². The summed E-state index contributed by atoms with van der Waals surface area (Å²) in [7, 11) is 1.55. The normalized spacial score (nSPS) is 25.7. The van der Waals surface area contributed by atoms with Gasteiger partial charge in [0, 0.05) is 5.02 Å². The van der Waals surface area contributed by atoms with Crippen LogP contribution >= 0.6 is 27.5 Å². The van der Waals surface area contributed by atoms with Crippen LogP contribution in [0, 0.1) is 23.7 Å². The molecule has 6 nitrogen and oxygen atoms in total. The van der Waals surface area contributed by atoms with Gasteiger partial charge in [0.25, 0.3) is 11.8 Å². The SMILES string of the molecule is COc1cc(/C=N/N2C(=O)C3C4C=CC(CC4)C3C2=O)cc(Br)c1OCc1ccc(Cl)cc1. The number of carbonyl (C=O) groups is 2. The van der Waals surface area contributed by atoms with Gasteiger partial charge in [0.2, 0.25) is 0 Å². The number of benzene rings is 2. The zero-order valence-electron chi connectivity index (χ0n) is 17.9. The molecule has 2 fully saturated rings. The van der Waals surface area contributed by atoms with E-state index >= 15 is 0 Å². The molecular formula is C25H22BrClN2O4. The van der Waals surface area contributed by atoms with Crippen LogP contribution in [0.2, 0.25) is 5.02 Å². The van der Waals surface area contributed by atoms with Crippen LogP contribution in [0.5, 0.6) is 11.5 Å². The summed E-state index contributed by atoms with van der Waals surface area (Å²) in [5, 5.41) is 6.00. The minimum absolute atomic E-state index is 0.142. The Morgan fingerprint density at radius 2 is 1.73 bits per heavy atom. The molecule has 6 rings (SSSR count). The summed E-state index contributed by atoms with van der Waals surface area (Å²) < 4.78 is 12.1. The van der Waals surface area contributed by atoms with Gasteiger partial charge in [0.1, 0.15) is 6.61 Å². The number of rotatable bonds is 6. The molecule has 0 spiro atoms. The number of hydrazone groups is 1. The molecule has 0 N–H and O–H groups in total. The zero-order chi connectivity index (χ0) is 23.1. The molecule has 2 aromatic carbocycles. The number of methoxy groups -OCH3 is 1. The molecule has 4 atom stereocenters. The van der Waals surface area contributed by atoms with E-state index in [-0.39, 0.29) is 35.5 Å². The van der Waals surface area contributed by atoms with Gasteiger partial charge in [0.15, 0.2) is 11.5 Å². The second-order valence-corrected chi connectivity index (χ2v) is 9.81. The van der Waals surface area contributed by atoms with Crippen LogP contribution < -0.4 is 9.47 Å². The Hall–Kier alpha value is -2.64. The molecular weight excluding hydrogens is 508 g/mol. The van der Waals surface area contributed by atoms with E-state index in [2.05, 4.69) is 33.2 Å². The maximum absolute atomic E-state index is 12.9. The highest BCUT2D eigenvalue weighted by Crippen LogP contribution is 2.49. The van der Waals surface area contributed by atoms with Gasteiger partial charge in [0.05, 0.1) is 29.6 Å². The Morgan fingerprint density at radius 1 is 1.09 bits per heavy atom. The van der Waals surface area contributed by atoms with Crippen molar-refractivity contribution in [1.29, 1.82) is 0 Å². The summed E-state index contributed by atoms with van der Waals surface area (Å²) >= 11 is 9.47. The van der Waals surface area contributed by atoms with E-state index in [4.69, 9.17) is 21.1 Å². The number of hydrogen-bond donors (Lipinski definition) is 0.